The van der Waals surface area contributed by atoms with Crippen molar-refractivity contribution in [3.8, 4) is 5.75 Å². The summed E-state index contributed by atoms with van der Waals surface area (Å²) in [6.45, 7) is 9.32. The summed E-state index contributed by atoms with van der Waals surface area (Å²) < 4.78 is 0. The fourth-order valence-electron chi connectivity index (χ4n) is 5.95. The molecule has 5 rings (SSSR count). The third-order valence-corrected chi connectivity index (χ3v) is 9.58. The van der Waals surface area contributed by atoms with Crippen molar-refractivity contribution in [2.75, 3.05) is 0 Å². The molecule has 0 bridgehead atoms. The predicted molar refractivity (Wildman–Crippen MR) is 263 cm³/mol. The summed E-state index contributed by atoms with van der Waals surface area (Å²) in [4.78, 5) is 31.9. The van der Waals surface area contributed by atoms with Gasteiger partial charge in [0, 0.05) is 17.5 Å². The van der Waals surface area contributed by atoms with Gasteiger partial charge in [0.05, 0.1) is 0 Å². The molecule has 0 aliphatic carbocycles. The van der Waals surface area contributed by atoms with E-state index in [1.165, 1.54) is 115 Å². The molecule has 4 heteroatoms. The van der Waals surface area contributed by atoms with Gasteiger partial charge in [-0.2, -0.15) is 0 Å². The second-order valence-electron chi connectivity index (χ2n) is 15.3. The second-order valence-corrected chi connectivity index (χ2v) is 15.3. The molecule has 5 aromatic rings. The summed E-state index contributed by atoms with van der Waals surface area (Å²) >= 11 is 0. The van der Waals surface area contributed by atoms with E-state index in [4.69, 9.17) is 5.11 Å². The molecule has 0 saturated carbocycles. The highest BCUT2D eigenvalue weighted by molar-refractivity contribution is 5.94. The Morgan fingerprint density at radius 3 is 0.918 bits per heavy atom. The van der Waals surface area contributed by atoms with Crippen LogP contribution < -0.4 is 0 Å². The highest BCUT2D eigenvalue weighted by atomic mass is 16.3. The molecule has 1 N–H and O–H groups in total. The van der Waals surface area contributed by atoms with Gasteiger partial charge in [0.25, 0.3) is 0 Å². The maximum Gasteiger partial charge on any atom is 0.159 e. The van der Waals surface area contributed by atoms with Crippen molar-refractivity contribution in [1.29, 1.82) is 0 Å². The highest BCUT2D eigenvalue weighted by Crippen LogP contribution is 2.13. The number of phenols is 1. The standard InChI is InChI=1S/C18H30.C11H22O.2C8H8O.C6H6O.C6H6/c1-2-3-4-5-6-7-8-9-10-12-15-18-16-13-11-14-17-18;1-3-4-5-6-7-8-9-10-11(2)12;2*1-7(9)8-5-3-2-4-6-8;7-6-4-2-1-3-5-6;1-2-4-6-5-3-1/h11,13-14,16-17H,2-10,12,15H2,1H3;3-10H2,1-2H3;2*2-6H,1H3;1-5,7H;1-6H. The molecule has 0 spiro atoms. The fourth-order valence-corrected chi connectivity index (χ4v) is 5.95. The summed E-state index contributed by atoms with van der Waals surface area (Å²) in [5.41, 5.74) is 3.05. The zero-order valence-corrected chi connectivity index (χ0v) is 38.6. The molecular formula is C57H80O4. The third-order valence-electron chi connectivity index (χ3n) is 9.58. The van der Waals surface area contributed by atoms with Crippen LogP contribution in [0.3, 0.4) is 0 Å². The number of aryl methyl sites for hydroxylation is 1. The Morgan fingerprint density at radius 1 is 0.361 bits per heavy atom. The molecule has 0 unspecified atom stereocenters. The van der Waals surface area contributed by atoms with Crippen LogP contribution in [0, 0.1) is 0 Å². The van der Waals surface area contributed by atoms with Crippen LogP contribution >= 0.6 is 0 Å². The van der Waals surface area contributed by atoms with Crippen LogP contribution in [0.25, 0.3) is 0 Å². The van der Waals surface area contributed by atoms with Gasteiger partial charge >= 0.3 is 0 Å². The molecule has 0 aliphatic rings. The van der Waals surface area contributed by atoms with Crippen molar-refractivity contribution in [2.24, 2.45) is 0 Å². The summed E-state index contributed by atoms with van der Waals surface area (Å²) in [6, 6.07) is 50.0. The minimum absolute atomic E-state index is 0.121. The second kappa shape index (κ2) is 43.0. The van der Waals surface area contributed by atoms with Crippen LogP contribution in [0.1, 0.15) is 176 Å². The van der Waals surface area contributed by atoms with E-state index >= 15 is 0 Å². The Bertz CT molecular complexity index is 1580. The van der Waals surface area contributed by atoms with Crippen LogP contribution in [0.5, 0.6) is 5.75 Å². The van der Waals surface area contributed by atoms with Crippen LogP contribution in [0.4, 0.5) is 0 Å². The first kappa shape index (κ1) is 55.9. The third kappa shape index (κ3) is 40.1. The van der Waals surface area contributed by atoms with Gasteiger partial charge in [0.15, 0.2) is 11.6 Å². The van der Waals surface area contributed by atoms with E-state index in [9.17, 15) is 14.4 Å². The van der Waals surface area contributed by atoms with Gasteiger partial charge in [-0.3, -0.25) is 9.59 Å². The molecule has 0 saturated heterocycles. The number of hydrogen-bond acceptors (Lipinski definition) is 4. The quantitative estimate of drug-likeness (QED) is 0.0591. The van der Waals surface area contributed by atoms with E-state index < -0.39 is 0 Å². The van der Waals surface area contributed by atoms with E-state index in [0.717, 1.165) is 24.0 Å². The van der Waals surface area contributed by atoms with Gasteiger partial charge in [-0.05, 0) is 57.7 Å². The Morgan fingerprint density at radius 2 is 0.639 bits per heavy atom. The lowest BCUT2D eigenvalue weighted by atomic mass is 10.0. The zero-order valence-electron chi connectivity index (χ0n) is 38.6. The Hall–Kier alpha value is -5.09. The molecular weight excluding hydrogens is 749 g/mol. The minimum Gasteiger partial charge on any atom is -0.508 e. The molecule has 4 nitrogen and oxygen atoms in total. The largest absolute Gasteiger partial charge is 0.508 e. The highest BCUT2D eigenvalue weighted by Gasteiger charge is 1.96. The van der Waals surface area contributed by atoms with E-state index in [1.807, 2.05) is 103 Å². The average Bonchev–Trinajstić information content (AvgIpc) is 3.29. The van der Waals surface area contributed by atoms with Crippen molar-refractivity contribution in [3.05, 3.63) is 174 Å². The summed E-state index contributed by atoms with van der Waals surface area (Å²) in [5.74, 6) is 0.900. The normalized spacial score (nSPS) is 9.59. The maximum atomic E-state index is 10.6. The number of rotatable bonds is 21. The van der Waals surface area contributed by atoms with E-state index in [1.54, 1.807) is 45.0 Å². The van der Waals surface area contributed by atoms with E-state index in [-0.39, 0.29) is 11.6 Å². The number of carbonyl (C=O) groups is 3. The molecule has 332 valence electrons. The first-order valence-corrected chi connectivity index (χ1v) is 23.1. The van der Waals surface area contributed by atoms with Crippen molar-refractivity contribution >= 4 is 17.3 Å². The molecule has 0 aromatic heterocycles. The van der Waals surface area contributed by atoms with Crippen molar-refractivity contribution in [1.82, 2.24) is 0 Å². The Labute approximate surface area is 372 Å². The molecule has 61 heavy (non-hydrogen) atoms. The number of benzene rings is 5. The lowest BCUT2D eigenvalue weighted by molar-refractivity contribution is -0.117. The number of ketones is 3. The van der Waals surface area contributed by atoms with Crippen molar-refractivity contribution in [3.63, 3.8) is 0 Å². The lowest BCUT2D eigenvalue weighted by Crippen LogP contribution is -1.89. The summed E-state index contributed by atoms with van der Waals surface area (Å²) in [5, 5.41) is 8.63. The van der Waals surface area contributed by atoms with Crippen molar-refractivity contribution in [2.45, 2.75) is 157 Å². The van der Waals surface area contributed by atoms with Gasteiger partial charge in [-0.25, -0.2) is 0 Å². The van der Waals surface area contributed by atoms with Crippen molar-refractivity contribution < 1.29 is 19.5 Å². The molecule has 0 heterocycles. The first-order chi connectivity index (χ1) is 29.7. The minimum atomic E-state index is 0.121. The molecule has 5 aromatic carbocycles. The summed E-state index contributed by atoms with van der Waals surface area (Å²) in [6.07, 6.45) is 25.4. The molecule has 0 aliphatic heterocycles. The smallest absolute Gasteiger partial charge is 0.159 e. The SMILES string of the molecule is CC(=O)c1ccccc1.CC(=O)c1ccccc1.CCCCCCCCCC(C)=O.CCCCCCCCCCCCc1ccccc1.Oc1ccccc1.c1ccccc1. The average molecular weight is 829 g/mol. The van der Waals surface area contributed by atoms with Crippen LogP contribution in [0.2, 0.25) is 0 Å². The number of unbranched alkanes of at least 4 members (excludes halogenated alkanes) is 15. The summed E-state index contributed by atoms with van der Waals surface area (Å²) in [7, 11) is 0. The Balaban J connectivity index is 0.000000737. The molecule has 0 radical (unpaired) electrons. The molecule has 0 amide bonds. The van der Waals surface area contributed by atoms with Crippen LogP contribution in [0.15, 0.2) is 158 Å². The van der Waals surface area contributed by atoms with Gasteiger partial charge < -0.3 is 9.90 Å². The van der Waals surface area contributed by atoms with E-state index in [0.29, 0.717) is 11.5 Å². The number of phenolic OH excluding ortho intramolecular Hbond substituents is 1. The number of para-hydroxylation sites is 1. The maximum absolute atomic E-state index is 10.6. The number of carbonyl (C=O) groups excluding carboxylic acids is 3. The molecule has 0 atom stereocenters. The van der Waals surface area contributed by atoms with Gasteiger partial charge in [0.2, 0.25) is 0 Å². The monoisotopic (exact) mass is 829 g/mol. The van der Waals surface area contributed by atoms with Gasteiger partial charge in [0.1, 0.15) is 11.5 Å². The number of hydrogen-bond donors (Lipinski definition) is 1. The first-order valence-electron chi connectivity index (χ1n) is 23.1. The number of aromatic hydroxyl groups is 1. The lowest BCUT2D eigenvalue weighted by Gasteiger charge is -2.03. The van der Waals surface area contributed by atoms with E-state index in [2.05, 4.69) is 44.2 Å². The predicted octanol–water partition coefficient (Wildman–Crippen LogP) is 16.7. The van der Waals surface area contributed by atoms with Crippen LogP contribution in [-0.2, 0) is 11.2 Å². The van der Waals surface area contributed by atoms with Crippen LogP contribution in [-0.4, -0.2) is 22.5 Å². The fraction of sp³-hybridized carbons (Fsp3) is 0.421. The number of Topliss-reactive ketones (excluding diaryl/α,β-unsaturated/α-hetero) is 3. The topological polar surface area (TPSA) is 71.4 Å². The zero-order chi connectivity index (χ0) is 44.9. The molecule has 0 fully saturated rings. The van der Waals surface area contributed by atoms with Gasteiger partial charge in [-0.15, -0.1) is 0 Å². The van der Waals surface area contributed by atoms with Gasteiger partial charge in [-0.1, -0.05) is 256 Å². The Kier molecular flexibility index (Phi) is 39.4.